The number of rotatable bonds is 1. The second-order valence-corrected chi connectivity index (χ2v) is 3.61. The average molecular weight is 177 g/mol. The predicted octanol–water partition coefficient (Wildman–Crippen LogP) is 1.72. The van der Waals surface area contributed by atoms with Gasteiger partial charge in [0.05, 0.1) is 17.6 Å². The molecule has 70 valence electrons. The van der Waals surface area contributed by atoms with Gasteiger partial charge in [0.2, 0.25) is 0 Å². The third kappa shape index (κ3) is 1.46. The molecule has 1 aromatic rings. The number of nitrogens with one attached hydrogen (secondary N) is 1. The quantitative estimate of drug-likeness (QED) is 0.708. The number of fused-ring (bicyclic) bond motifs is 1. The van der Waals surface area contributed by atoms with Gasteiger partial charge < -0.3 is 10.2 Å². The molecule has 1 aliphatic rings. The Kier molecular flexibility index (Phi) is 2.08. The standard InChI is InChI=1S/C10H15N3/c1-8(2)13-6-5-12-9-7-11-4-3-10(9)13/h3-4,7-8,12H,5-6H2,1-2H3. The van der Waals surface area contributed by atoms with E-state index in [4.69, 9.17) is 0 Å². The minimum Gasteiger partial charge on any atom is -0.380 e. The summed E-state index contributed by atoms with van der Waals surface area (Å²) >= 11 is 0. The maximum Gasteiger partial charge on any atom is 0.0765 e. The van der Waals surface area contributed by atoms with Crippen LogP contribution in [0, 0.1) is 0 Å². The summed E-state index contributed by atoms with van der Waals surface area (Å²) in [6, 6.07) is 2.63. The lowest BCUT2D eigenvalue weighted by atomic mass is 10.2. The van der Waals surface area contributed by atoms with Gasteiger partial charge in [-0.15, -0.1) is 0 Å². The lowest BCUT2D eigenvalue weighted by Crippen LogP contribution is -2.38. The molecule has 1 N–H and O–H groups in total. The van der Waals surface area contributed by atoms with Gasteiger partial charge in [-0.3, -0.25) is 4.98 Å². The minimum atomic E-state index is 0.559. The Bertz CT molecular complexity index is 296. The van der Waals surface area contributed by atoms with E-state index in [-0.39, 0.29) is 0 Å². The van der Waals surface area contributed by atoms with Crippen molar-refractivity contribution in [3.8, 4) is 0 Å². The van der Waals surface area contributed by atoms with Gasteiger partial charge in [-0.1, -0.05) is 0 Å². The Balaban J connectivity index is 2.37. The number of aromatic nitrogens is 1. The molecule has 3 nitrogen and oxygen atoms in total. The first-order valence-corrected chi connectivity index (χ1v) is 4.73. The summed E-state index contributed by atoms with van der Waals surface area (Å²) in [5, 5.41) is 3.34. The fraction of sp³-hybridized carbons (Fsp3) is 0.500. The van der Waals surface area contributed by atoms with Crippen molar-refractivity contribution < 1.29 is 0 Å². The van der Waals surface area contributed by atoms with Crippen LogP contribution in [0.15, 0.2) is 18.5 Å². The number of pyridine rings is 1. The van der Waals surface area contributed by atoms with E-state index in [1.165, 1.54) is 5.69 Å². The molecule has 0 bridgehead atoms. The Morgan fingerprint density at radius 2 is 2.38 bits per heavy atom. The fourth-order valence-electron chi connectivity index (χ4n) is 1.74. The molecule has 0 amide bonds. The van der Waals surface area contributed by atoms with Crippen LogP contribution >= 0.6 is 0 Å². The minimum absolute atomic E-state index is 0.559. The first kappa shape index (κ1) is 8.35. The van der Waals surface area contributed by atoms with Crippen molar-refractivity contribution in [2.24, 2.45) is 0 Å². The Hall–Kier alpha value is -1.25. The highest BCUT2D eigenvalue weighted by Crippen LogP contribution is 2.28. The third-order valence-electron chi connectivity index (χ3n) is 2.40. The van der Waals surface area contributed by atoms with Crippen LogP contribution in [0.2, 0.25) is 0 Å². The lowest BCUT2D eigenvalue weighted by Gasteiger charge is -2.34. The molecule has 2 rings (SSSR count). The molecule has 0 saturated carbocycles. The van der Waals surface area contributed by atoms with Crippen LogP contribution in [-0.2, 0) is 0 Å². The highest BCUT2D eigenvalue weighted by molar-refractivity contribution is 5.71. The van der Waals surface area contributed by atoms with E-state index < -0.39 is 0 Å². The number of nitrogens with zero attached hydrogens (tertiary/aromatic N) is 2. The molecule has 2 heterocycles. The maximum atomic E-state index is 4.10. The Labute approximate surface area is 78.8 Å². The molecule has 0 unspecified atom stereocenters. The zero-order valence-electron chi connectivity index (χ0n) is 8.12. The van der Waals surface area contributed by atoms with E-state index in [9.17, 15) is 0 Å². The zero-order valence-corrected chi connectivity index (χ0v) is 8.12. The summed E-state index contributed by atoms with van der Waals surface area (Å²) in [5.41, 5.74) is 2.43. The molecule has 1 aromatic heterocycles. The first-order chi connectivity index (χ1) is 6.29. The van der Waals surface area contributed by atoms with Crippen LogP contribution in [-0.4, -0.2) is 24.1 Å². The van der Waals surface area contributed by atoms with Gasteiger partial charge in [0.1, 0.15) is 0 Å². The van der Waals surface area contributed by atoms with E-state index in [0.29, 0.717) is 6.04 Å². The van der Waals surface area contributed by atoms with Crippen molar-refractivity contribution in [1.29, 1.82) is 0 Å². The van der Waals surface area contributed by atoms with Gasteiger partial charge in [0.25, 0.3) is 0 Å². The van der Waals surface area contributed by atoms with Crippen LogP contribution in [0.4, 0.5) is 11.4 Å². The second kappa shape index (κ2) is 3.24. The van der Waals surface area contributed by atoms with Crippen molar-refractivity contribution in [2.75, 3.05) is 23.3 Å². The van der Waals surface area contributed by atoms with E-state index in [0.717, 1.165) is 18.8 Å². The van der Waals surface area contributed by atoms with E-state index in [1.807, 2.05) is 12.4 Å². The van der Waals surface area contributed by atoms with Crippen molar-refractivity contribution in [1.82, 2.24) is 4.98 Å². The van der Waals surface area contributed by atoms with Crippen molar-refractivity contribution in [3.63, 3.8) is 0 Å². The largest absolute Gasteiger partial charge is 0.380 e. The summed E-state index contributed by atoms with van der Waals surface area (Å²) < 4.78 is 0. The topological polar surface area (TPSA) is 28.2 Å². The highest BCUT2D eigenvalue weighted by Gasteiger charge is 2.17. The molecule has 0 atom stereocenters. The zero-order chi connectivity index (χ0) is 9.26. The molecule has 3 heteroatoms. The third-order valence-corrected chi connectivity index (χ3v) is 2.40. The molecular formula is C10H15N3. The van der Waals surface area contributed by atoms with E-state index >= 15 is 0 Å². The molecule has 0 aliphatic carbocycles. The fourth-order valence-corrected chi connectivity index (χ4v) is 1.74. The van der Waals surface area contributed by atoms with Crippen LogP contribution in [0.3, 0.4) is 0 Å². The smallest absolute Gasteiger partial charge is 0.0765 e. The van der Waals surface area contributed by atoms with Crippen molar-refractivity contribution >= 4 is 11.4 Å². The molecular weight excluding hydrogens is 162 g/mol. The number of hydrogen-bond donors (Lipinski definition) is 1. The molecule has 0 spiro atoms. The van der Waals surface area contributed by atoms with Crippen molar-refractivity contribution in [2.45, 2.75) is 19.9 Å². The molecule has 0 aromatic carbocycles. The van der Waals surface area contributed by atoms with Crippen LogP contribution in [0.25, 0.3) is 0 Å². The summed E-state index contributed by atoms with van der Waals surface area (Å²) in [5.74, 6) is 0. The van der Waals surface area contributed by atoms with Crippen LogP contribution in [0.5, 0.6) is 0 Å². The summed E-state index contributed by atoms with van der Waals surface area (Å²) in [4.78, 5) is 6.50. The molecule has 13 heavy (non-hydrogen) atoms. The van der Waals surface area contributed by atoms with Gasteiger partial charge in [-0.2, -0.15) is 0 Å². The Morgan fingerprint density at radius 1 is 1.54 bits per heavy atom. The molecule has 1 aliphatic heterocycles. The van der Waals surface area contributed by atoms with E-state index in [2.05, 4.69) is 35.1 Å². The predicted molar refractivity (Wildman–Crippen MR) is 55.2 cm³/mol. The molecule has 0 fully saturated rings. The lowest BCUT2D eigenvalue weighted by molar-refractivity contribution is 0.680. The van der Waals surface area contributed by atoms with Gasteiger partial charge in [-0.25, -0.2) is 0 Å². The van der Waals surface area contributed by atoms with Gasteiger partial charge in [-0.05, 0) is 19.9 Å². The molecule has 0 saturated heterocycles. The highest BCUT2D eigenvalue weighted by atomic mass is 15.2. The second-order valence-electron chi connectivity index (χ2n) is 3.61. The SMILES string of the molecule is CC(C)N1CCNc2cnccc21. The monoisotopic (exact) mass is 177 g/mol. The molecule has 0 radical (unpaired) electrons. The summed E-state index contributed by atoms with van der Waals surface area (Å²) in [6.07, 6.45) is 3.74. The van der Waals surface area contributed by atoms with Gasteiger partial charge in [0.15, 0.2) is 0 Å². The first-order valence-electron chi connectivity index (χ1n) is 4.73. The van der Waals surface area contributed by atoms with E-state index in [1.54, 1.807) is 0 Å². The summed E-state index contributed by atoms with van der Waals surface area (Å²) in [7, 11) is 0. The summed E-state index contributed by atoms with van der Waals surface area (Å²) in [6.45, 7) is 6.52. The number of hydrogen-bond acceptors (Lipinski definition) is 3. The average Bonchev–Trinajstić information content (AvgIpc) is 2.17. The van der Waals surface area contributed by atoms with Gasteiger partial charge in [0, 0.05) is 25.3 Å². The van der Waals surface area contributed by atoms with Gasteiger partial charge >= 0.3 is 0 Å². The Morgan fingerprint density at radius 3 is 3.15 bits per heavy atom. The van der Waals surface area contributed by atoms with Crippen LogP contribution < -0.4 is 10.2 Å². The normalized spacial score (nSPS) is 15.5. The maximum absolute atomic E-state index is 4.10. The number of anilines is 2. The van der Waals surface area contributed by atoms with Crippen LogP contribution in [0.1, 0.15) is 13.8 Å². The van der Waals surface area contributed by atoms with Crippen molar-refractivity contribution in [3.05, 3.63) is 18.5 Å².